The zero-order chi connectivity index (χ0) is 10.7. The van der Waals surface area contributed by atoms with Gasteiger partial charge in [-0.25, -0.2) is 0 Å². The van der Waals surface area contributed by atoms with E-state index >= 15 is 0 Å². The molecule has 82 valence electrons. The number of nitrogens with zero attached hydrogens (tertiary/aromatic N) is 1. The van der Waals surface area contributed by atoms with Gasteiger partial charge in [-0.05, 0) is 37.8 Å². The maximum absolute atomic E-state index is 4.15. The Morgan fingerprint density at radius 1 is 1.47 bits per heavy atom. The van der Waals surface area contributed by atoms with Crippen LogP contribution in [0.3, 0.4) is 0 Å². The average molecular weight is 204 g/mol. The van der Waals surface area contributed by atoms with E-state index < -0.39 is 0 Å². The lowest BCUT2D eigenvalue weighted by atomic mass is 10.1. The maximum Gasteiger partial charge on any atom is 0.0315 e. The molecule has 1 aromatic heterocycles. The highest BCUT2D eigenvalue weighted by atomic mass is 14.9. The van der Waals surface area contributed by atoms with Crippen LogP contribution in [0.2, 0.25) is 0 Å². The molecule has 1 aliphatic rings. The quantitative estimate of drug-likeness (QED) is 0.797. The van der Waals surface area contributed by atoms with Crippen molar-refractivity contribution in [3.63, 3.8) is 0 Å². The average Bonchev–Trinajstić information content (AvgIpc) is 3.03. The van der Waals surface area contributed by atoms with E-state index in [2.05, 4.69) is 30.2 Å². The van der Waals surface area contributed by atoms with Gasteiger partial charge in [0.15, 0.2) is 0 Å². The minimum Gasteiger partial charge on any atom is -0.308 e. The van der Waals surface area contributed by atoms with Crippen LogP contribution >= 0.6 is 0 Å². The molecule has 0 amide bonds. The molecule has 1 unspecified atom stereocenters. The second-order valence-corrected chi connectivity index (χ2v) is 4.75. The summed E-state index contributed by atoms with van der Waals surface area (Å²) in [7, 11) is 0. The number of hydrogen-bond donors (Lipinski definition) is 1. The lowest BCUT2D eigenvalue weighted by Crippen LogP contribution is -2.29. The van der Waals surface area contributed by atoms with Crippen LogP contribution in [-0.4, -0.2) is 11.0 Å². The van der Waals surface area contributed by atoms with Crippen LogP contribution in [0.25, 0.3) is 0 Å². The van der Waals surface area contributed by atoms with Gasteiger partial charge < -0.3 is 5.32 Å². The van der Waals surface area contributed by atoms with Gasteiger partial charge in [-0.15, -0.1) is 0 Å². The summed E-state index contributed by atoms with van der Waals surface area (Å²) in [5.74, 6) is 0.994. The fourth-order valence-corrected chi connectivity index (χ4v) is 2.08. The molecule has 1 aromatic rings. The van der Waals surface area contributed by atoms with Crippen molar-refractivity contribution in [3.05, 3.63) is 30.1 Å². The van der Waals surface area contributed by atoms with E-state index in [9.17, 15) is 0 Å². The van der Waals surface area contributed by atoms with Gasteiger partial charge in [0.1, 0.15) is 0 Å². The fraction of sp³-hybridized carbons (Fsp3) is 0.615. The molecule has 0 aliphatic heterocycles. The summed E-state index contributed by atoms with van der Waals surface area (Å²) < 4.78 is 0. The molecule has 1 saturated carbocycles. The first kappa shape index (κ1) is 10.6. The molecule has 1 fully saturated rings. The molecule has 0 spiro atoms. The van der Waals surface area contributed by atoms with Crippen LogP contribution in [0.5, 0.6) is 0 Å². The van der Waals surface area contributed by atoms with Crippen molar-refractivity contribution in [2.45, 2.75) is 45.2 Å². The minimum absolute atomic E-state index is 0.410. The third kappa shape index (κ3) is 3.31. The van der Waals surface area contributed by atoms with Crippen molar-refractivity contribution in [3.8, 4) is 0 Å². The molecule has 0 bridgehead atoms. The Labute approximate surface area is 92.1 Å². The third-order valence-corrected chi connectivity index (χ3v) is 3.10. The van der Waals surface area contributed by atoms with Gasteiger partial charge in [0.25, 0.3) is 0 Å². The van der Waals surface area contributed by atoms with Crippen molar-refractivity contribution in [2.75, 3.05) is 0 Å². The van der Waals surface area contributed by atoms with Crippen molar-refractivity contribution in [1.82, 2.24) is 10.3 Å². The second-order valence-electron chi connectivity index (χ2n) is 4.75. The lowest BCUT2D eigenvalue weighted by Gasteiger charge is -2.19. The molecule has 1 aliphatic carbocycles. The standard InChI is InChI=1S/C13H20N2/c1-10(8-12-5-6-12)15-11(2)13-4-3-7-14-9-13/h3-4,7,9-12,15H,5-6,8H2,1-2H3/t10?,11-/m0/s1. The van der Waals surface area contributed by atoms with Crippen LogP contribution in [-0.2, 0) is 0 Å². The van der Waals surface area contributed by atoms with Crippen molar-refractivity contribution in [1.29, 1.82) is 0 Å². The predicted octanol–water partition coefficient (Wildman–Crippen LogP) is 2.92. The van der Waals surface area contributed by atoms with Gasteiger partial charge in [-0.2, -0.15) is 0 Å². The molecule has 2 rings (SSSR count). The Kier molecular flexibility index (Phi) is 3.37. The fourth-order valence-electron chi connectivity index (χ4n) is 2.08. The molecule has 1 heterocycles. The SMILES string of the molecule is CC(CC1CC1)N[C@@H](C)c1cccnc1. The zero-order valence-corrected chi connectivity index (χ0v) is 9.61. The minimum atomic E-state index is 0.410. The van der Waals surface area contributed by atoms with Crippen molar-refractivity contribution in [2.24, 2.45) is 5.92 Å². The molecular weight excluding hydrogens is 184 g/mol. The van der Waals surface area contributed by atoms with Crippen LogP contribution < -0.4 is 5.32 Å². The zero-order valence-electron chi connectivity index (χ0n) is 9.61. The number of rotatable bonds is 5. The van der Waals surface area contributed by atoms with Gasteiger partial charge in [-0.3, -0.25) is 4.98 Å². The Hall–Kier alpha value is -0.890. The molecule has 2 nitrogen and oxygen atoms in total. The number of hydrogen-bond acceptors (Lipinski definition) is 2. The Balaban J connectivity index is 1.82. The van der Waals surface area contributed by atoms with E-state index in [1.54, 1.807) is 0 Å². The molecule has 0 saturated heterocycles. The topological polar surface area (TPSA) is 24.9 Å². The van der Waals surface area contributed by atoms with Gasteiger partial charge >= 0.3 is 0 Å². The van der Waals surface area contributed by atoms with E-state index in [4.69, 9.17) is 0 Å². The summed E-state index contributed by atoms with van der Waals surface area (Å²) in [6.07, 6.45) is 7.97. The van der Waals surface area contributed by atoms with Gasteiger partial charge in [0.05, 0.1) is 0 Å². The second kappa shape index (κ2) is 4.75. The lowest BCUT2D eigenvalue weighted by molar-refractivity contribution is 0.438. The maximum atomic E-state index is 4.15. The summed E-state index contributed by atoms with van der Waals surface area (Å²) in [4.78, 5) is 4.15. The first-order valence-corrected chi connectivity index (χ1v) is 5.91. The predicted molar refractivity (Wildman–Crippen MR) is 62.6 cm³/mol. The van der Waals surface area contributed by atoms with Gasteiger partial charge in [0.2, 0.25) is 0 Å². The molecular formula is C13H20N2. The highest BCUT2D eigenvalue weighted by Crippen LogP contribution is 2.33. The molecule has 2 atom stereocenters. The highest BCUT2D eigenvalue weighted by molar-refractivity contribution is 5.12. The summed E-state index contributed by atoms with van der Waals surface area (Å²) in [6.45, 7) is 4.49. The summed E-state index contributed by atoms with van der Waals surface area (Å²) in [5.41, 5.74) is 1.28. The monoisotopic (exact) mass is 204 g/mol. The Morgan fingerprint density at radius 3 is 2.87 bits per heavy atom. The van der Waals surface area contributed by atoms with Gasteiger partial charge in [-0.1, -0.05) is 18.9 Å². The summed E-state index contributed by atoms with van der Waals surface area (Å²) in [6, 6.07) is 5.16. The van der Waals surface area contributed by atoms with Crippen molar-refractivity contribution >= 4 is 0 Å². The van der Waals surface area contributed by atoms with Crippen LogP contribution in [0.1, 0.15) is 44.7 Å². The third-order valence-electron chi connectivity index (χ3n) is 3.10. The number of aromatic nitrogens is 1. The first-order chi connectivity index (χ1) is 7.25. The summed E-state index contributed by atoms with van der Waals surface area (Å²) >= 11 is 0. The number of pyridine rings is 1. The Bertz CT molecular complexity index is 293. The normalized spacial score (nSPS) is 19.9. The summed E-state index contributed by atoms with van der Waals surface area (Å²) in [5, 5.41) is 3.63. The highest BCUT2D eigenvalue weighted by Gasteiger charge is 2.24. The smallest absolute Gasteiger partial charge is 0.0315 e. The molecule has 15 heavy (non-hydrogen) atoms. The Morgan fingerprint density at radius 2 is 2.27 bits per heavy atom. The number of nitrogens with one attached hydrogen (secondary N) is 1. The van der Waals surface area contributed by atoms with E-state index in [1.807, 2.05) is 18.5 Å². The van der Waals surface area contributed by atoms with E-state index in [-0.39, 0.29) is 0 Å². The van der Waals surface area contributed by atoms with E-state index in [1.165, 1.54) is 24.8 Å². The van der Waals surface area contributed by atoms with E-state index in [0.717, 1.165) is 5.92 Å². The van der Waals surface area contributed by atoms with Crippen molar-refractivity contribution < 1.29 is 0 Å². The first-order valence-electron chi connectivity index (χ1n) is 5.91. The van der Waals surface area contributed by atoms with Gasteiger partial charge in [0, 0.05) is 24.5 Å². The van der Waals surface area contributed by atoms with Crippen LogP contribution in [0.4, 0.5) is 0 Å². The van der Waals surface area contributed by atoms with Crippen LogP contribution in [0.15, 0.2) is 24.5 Å². The molecule has 1 N–H and O–H groups in total. The largest absolute Gasteiger partial charge is 0.308 e. The van der Waals surface area contributed by atoms with Crippen LogP contribution in [0, 0.1) is 5.92 Å². The molecule has 0 radical (unpaired) electrons. The molecule has 0 aromatic carbocycles. The van der Waals surface area contributed by atoms with E-state index in [0.29, 0.717) is 12.1 Å². The molecule has 2 heteroatoms.